The highest BCUT2D eigenvalue weighted by atomic mass is 16.2. The van der Waals surface area contributed by atoms with Crippen LogP contribution in [0.15, 0.2) is 54.9 Å². The summed E-state index contributed by atoms with van der Waals surface area (Å²) in [5.41, 5.74) is 2.50. The van der Waals surface area contributed by atoms with E-state index in [1.54, 1.807) is 6.20 Å². The number of nitrogens with one attached hydrogen (secondary N) is 1. The van der Waals surface area contributed by atoms with Crippen molar-refractivity contribution in [2.75, 3.05) is 26.2 Å². The molecular weight excluding hydrogens is 286 g/mol. The molecule has 0 saturated carbocycles. The van der Waals surface area contributed by atoms with E-state index in [1.165, 1.54) is 11.1 Å². The van der Waals surface area contributed by atoms with Crippen LogP contribution in [0.4, 0.5) is 0 Å². The Morgan fingerprint density at radius 1 is 1.04 bits per heavy atom. The van der Waals surface area contributed by atoms with Crippen molar-refractivity contribution in [3.63, 3.8) is 0 Å². The molecule has 1 aromatic heterocycles. The summed E-state index contributed by atoms with van der Waals surface area (Å²) in [6.07, 6.45) is 3.70. The number of carbonyl (C=O) groups excluding carboxylic acids is 1. The molecule has 1 N–H and O–H groups in total. The summed E-state index contributed by atoms with van der Waals surface area (Å²) in [7, 11) is 0. The van der Waals surface area contributed by atoms with Gasteiger partial charge in [-0.15, -0.1) is 0 Å². The molecule has 0 aliphatic carbocycles. The summed E-state index contributed by atoms with van der Waals surface area (Å²) in [6.45, 7) is 3.32. The summed E-state index contributed by atoms with van der Waals surface area (Å²) >= 11 is 0. The van der Waals surface area contributed by atoms with E-state index in [0.29, 0.717) is 17.7 Å². The highest BCUT2D eigenvalue weighted by Gasteiger charge is 2.40. The standard InChI is InChI=1S/C19H21N3O/c23-19(22-12-16(13-22)15-7-4-8-20-9-15)18-11-21-10-17(18)14-5-2-1-3-6-14/h1-9,16-18,21H,10-13H2. The van der Waals surface area contributed by atoms with Gasteiger partial charge in [-0.05, 0) is 17.2 Å². The lowest BCUT2D eigenvalue weighted by Gasteiger charge is -2.41. The first-order valence-corrected chi connectivity index (χ1v) is 8.27. The lowest BCUT2D eigenvalue weighted by Crippen LogP contribution is -2.51. The van der Waals surface area contributed by atoms with Crippen LogP contribution in [0.2, 0.25) is 0 Å². The Labute approximate surface area is 136 Å². The Morgan fingerprint density at radius 3 is 2.57 bits per heavy atom. The number of aromatic nitrogens is 1. The maximum absolute atomic E-state index is 12.9. The molecule has 4 heteroatoms. The Balaban J connectivity index is 1.42. The van der Waals surface area contributed by atoms with E-state index in [4.69, 9.17) is 0 Å². The third kappa shape index (κ3) is 2.75. The second-order valence-corrected chi connectivity index (χ2v) is 6.51. The van der Waals surface area contributed by atoms with E-state index in [1.807, 2.05) is 23.2 Å². The van der Waals surface area contributed by atoms with Crippen LogP contribution in [0.3, 0.4) is 0 Å². The molecule has 2 saturated heterocycles. The second-order valence-electron chi connectivity index (χ2n) is 6.51. The Morgan fingerprint density at radius 2 is 1.83 bits per heavy atom. The highest BCUT2D eigenvalue weighted by Crippen LogP contribution is 2.33. The Kier molecular flexibility index (Phi) is 3.83. The molecule has 2 aromatic rings. The van der Waals surface area contributed by atoms with E-state index in [0.717, 1.165) is 26.2 Å². The predicted octanol–water partition coefficient (Wildman–Crippen LogP) is 2.01. The number of rotatable bonds is 3. The van der Waals surface area contributed by atoms with Crippen molar-refractivity contribution < 1.29 is 4.79 Å². The minimum Gasteiger partial charge on any atom is -0.341 e. The van der Waals surface area contributed by atoms with Gasteiger partial charge in [-0.3, -0.25) is 9.78 Å². The number of nitrogens with zero attached hydrogens (tertiary/aromatic N) is 2. The van der Waals surface area contributed by atoms with Crippen molar-refractivity contribution in [1.29, 1.82) is 0 Å². The van der Waals surface area contributed by atoms with Crippen LogP contribution >= 0.6 is 0 Å². The number of amides is 1. The first-order chi connectivity index (χ1) is 11.3. The number of benzene rings is 1. The van der Waals surface area contributed by atoms with Gasteiger partial charge in [0.15, 0.2) is 0 Å². The van der Waals surface area contributed by atoms with Gasteiger partial charge >= 0.3 is 0 Å². The molecule has 2 fully saturated rings. The molecule has 1 amide bonds. The van der Waals surface area contributed by atoms with Gasteiger partial charge in [-0.25, -0.2) is 0 Å². The summed E-state index contributed by atoms with van der Waals surface area (Å²) in [5.74, 6) is 1.09. The van der Waals surface area contributed by atoms with E-state index in [2.05, 4.69) is 40.6 Å². The van der Waals surface area contributed by atoms with Gasteiger partial charge < -0.3 is 10.2 Å². The average Bonchev–Trinajstić information content (AvgIpc) is 3.05. The molecule has 23 heavy (non-hydrogen) atoms. The van der Waals surface area contributed by atoms with Crippen molar-refractivity contribution >= 4 is 5.91 Å². The number of likely N-dealkylation sites (tertiary alicyclic amines) is 1. The molecule has 0 radical (unpaired) electrons. The molecule has 1 aromatic carbocycles. The maximum atomic E-state index is 12.9. The zero-order chi connectivity index (χ0) is 15.6. The number of carbonyl (C=O) groups is 1. The van der Waals surface area contributed by atoms with Gasteiger partial charge in [-0.2, -0.15) is 0 Å². The van der Waals surface area contributed by atoms with Gasteiger partial charge in [0.25, 0.3) is 0 Å². The van der Waals surface area contributed by atoms with Gasteiger partial charge in [0.05, 0.1) is 5.92 Å². The molecule has 2 aliphatic rings. The lowest BCUT2D eigenvalue weighted by molar-refractivity contribution is -0.139. The summed E-state index contributed by atoms with van der Waals surface area (Å²) in [6, 6.07) is 14.5. The van der Waals surface area contributed by atoms with Crippen LogP contribution in [-0.2, 0) is 4.79 Å². The largest absolute Gasteiger partial charge is 0.341 e. The van der Waals surface area contributed by atoms with Crippen molar-refractivity contribution in [2.45, 2.75) is 11.8 Å². The SMILES string of the molecule is O=C(C1CNCC1c1ccccc1)N1CC(c2cccnc2)C1. The van der Waals surface area contributed by atoms with E-state index < -0.39 is 0 Å². The summed E-state index contributed by atoms with van der Waals surface area (Å²) in [4.78, 5) is 19.0. The molecule has 2 unspecified atom stereocenters. The van der Waals surface area contributed by atoms with E-state index in [-0.39, 0.29) is 5.92 Å². The first-order valence-electron chi connectivity index (χ1n) is 8.27. The van der Waals surface area contributed by atoms with Gasteiger partial charge in [0, 0.05) is 50.4 Å². The smallest absolute Gasteiger partial charge is 0.227 e. The third-order valence-electron chi connectivity index (χ3n) is 5.11. The van der Waals surface area contributed by atoms with Crippen LogP contribution in [0.1, 0.15) is 23.0 Å². The molecule has 118 valence electrons. The zero-order valence-electron chi connectivity index (χ0n) is 13.1. The van der Waals surface area contributed by atoms with Crippen molar-refractivity contribution in [3.8, 4) is 0 Å². The molecule has 4 nitrogen and oxygen atoms in total. The molecule has 0 spiro atoms. The number of pyridine rings is 1. The van der Waals surface area contributed by atoms with E-state index >= 15 is 0 Å². The number of hydrogen-bond acceptors (Lipinski definition) is 3. The molecule has 0 bridgehead atoms. The number of hydrogen-bond donors (Lipinski definition) is 1. The third-order valence-corrected chi connectivity index (χ3v) is 5.11. The summed E-state index contributed by atoms with van der Waals surface area (Å²) in [5, 5.41) is 3.39. The van der Waals surface area contributed by atoms with Gasteiger partial charge in [0.2, 0.25) is 5.91 Å². The maximum Gasteiger partial charge on any atom is 0.227 e. The van der Waals surface area contributed by atoms with Crippen molar-refractivity contribution in [3.05, 3.63) is 66.0 Å². The predicted molar refractivity (Wildman–Crippen MR) is 89.1 cm³/mol. The lowest BCUT2D eigenvalue weighted by atomic mass is 9.85. The second kappa shape index (κ2) is 6.13. The van der Waals surface area contributed by atoms with Crippen molar-refractivity contribution in [1.82, 2.24) is 15.2 Å². The minimum atomic E-state index is 0.0623. The van der Waals surface area contributed by atoms with Crippen LogP contribution in [-0.4, -0.2) is 42.0 Å². The van der Waals surface area contributed by atoms with Crippen LogP contribution in [0.25, 0.3) is 0 Å². The van der Waals surface area contributed by atoms with Crippen LogP contribution in [0, 0.1) is 5.92 Å². The van der Waals surface area contributed by atoms with Crippen molar-refractivity contribution in [2.24, 2.45) is 5.92 Å². The highest BCUT2D eigenvalue weighted by molar-refractivity contribution is 5.81. The van der Waals surface area contributed by atoms with Gasteiger partial charge in [0.1, 0.15) is 0 Å². The fourth-order valence-corrected chi connectivity index (χ4v) is 3.71. The average molecular weight is 307 g/mol. The molecule has 2 aliphatic heterocycles. The quantitative estimate of drug-likeness (QED) is 0.943. The fraction of sp³-hybridized carbons (Fsp3) is 0.368. The molecular formula is C19H21N3O. The van der Waals surface area contributed by atoms with Crippen LogP contribution < -0.4 is 5.32 Å². The molecule has 2 atom stereocenters. The molecule has 4 rings (SSSR count). The molecule has 3 heterocycles. The van der Waals surface area contributed by atoms with Crippen LogP contribution in [0.5, 0.6) is 0 Å². The topological polar surface area (TPSA) is 45.2 Å². The van der Waals surface area contributed by atoms with Gasteiger partial charge in [-0.1, -0.05) is 36.4 Å². The normalized spacial score (nSPS) is 24.4. The van der Waals surface area contributed by atoms with E-state index in [9.17, 15) is 4.79 Å². The zero-order valence-corrected chi connectivity index (χ0v) is 13.1. The Bertz CT molecular complexity index is 668. The first kappa shape index (κ1) is 14.4. The fourth-order valence-electron chi connectivity index (χ4n) is 3.71. The monoisotopic (exact) mass is 307 g/mol. The summed E-state index contributed by atoms with van der Waals surface area (Å²) < 4.78 is 0. The Hall–Kier alpha value is -2.20. The minimum absolute atomic E-state index is 0.0623.